The number of Topliss-reactive ketones (excluding diaryl/α,β-unsaturated/α-hetero) is 1. The fraction of sp³-hybridized carbons (Fsp3) is 0.0667. The summed E-state index contributed by atoms with van der Waals surface area (Å²) in [5.74, 6) is -0.0292. The lowest BCUT2D eigenvalue weighted by atomic mass is 10.1. The second-order valence-corrected chi connectivity index (χ2v) is 4.23. The molecule has 0 aliphatic heterocycles. The minimum Gasteiger partial charge on any atom is -0.507 e. The first kappa shape index (κ1) is 10.7. The van der Waals surface area contributed by atoms with Gasteiger partial charge in [0.1, 0.15) is 5.76 Å². The zero-order valence-corrected chi connectivity index (χ0v) is 9.63. The van der Waals surface area contributed by atoms with Crippen LogP contribution in [0.25, 0.3) is 5.76 Å². The van der Waals surface area contributed by atoms with E-state index in [1.54, 1.807) is 30.6 Å². The molecule has 0 spiro atoms. The van der Waals surface area contributed by atoms with Crippen molar-refractivity contribution in [1.82, 2.24) is 4.98 Å². The number of hydrogen-bond donors (Lipinski definition) is 1. The van der Waals surface area contributed by atoms with E-state index in [4.69, 9.17) is 0 Å². The molecule has 0 radical (unpaired) electrons. The number of nitrogens with zero attached hydrogens (tertiary/aromatic N) is 1. The number of fused-ring (bicyclic) bond motifs is 1. The Balaban J connectivity index is 2.09. The number of pyridine rings is 1. The fourth-order valence-corrected chi connectivity index (χ4v) is 2.20. The summed E-state index contributed by atoms with van der Waals surface area (Å²) in [5.41, 5.74) is 2.75. The first-order valence-corrected chi connectivity index (χ1v) is 5.72. The van der Waals surface area contributed by atoms with Crippen LogP contribution in [0.2, 0.25) is 0 Å². The Hall–Kier alpha value is -2.42. The molecule has 2 aromatic rings. The summed E-state index contributed by atoms with van der Waals surface area (Å²) in [6.45, 7) is 0. The summed E-state index contributed by atoms with van der Waals surface area (Å²) in [6, 6.07) is 10.8. The molecule has 1 heterocycles. The third-order valence-corrected chi connectivity index (χ3v) is 3.14. The van der Waals surface area contributed by atoms with Crippen LogP contribution in [0.4, 0.5) is 0 Å². The summed E-state index contributed by atoms with van der Waals surface area (Å²) in [7, 11) is 0. The van der Waals surface area contributed by atoms with Crippen LogP contribution in [0.1, 0.15) is 21.5 Å². The van der Waals surface area contributed by atoms with Gasteiger partial charge >= 0.3 is 0 Å². The molecule has 0 amide bonds. The number of carbonyl (C=O) groups is 1. The molecule has 0 saturated heterocycles. The number of carbonyl (C=O) groups excluding carboxylic acids is 1. The molecular weight excluding hydrogens is 226 g/mol. The summed E-state index contributed by atoms with van der Waals surface area (Å²) < 4.78 is 0. The van der Waals surface area contributed by atoms with Crippen LogP contribution < -0.4 is 0 Å². The van der Waals surface area contributed by atoms with Crippen LogP contribution in [0.15, 0.2) is 54.4 Å². The van der Waals surface area contributed by atoms with Crippen LogP contribution in [0.3, 0.4) is 0 Å². The molecule has 88 valence electrons. The van der Waals surface area contributed by atoms with E-state index >= 15 is 0 Å². The molecule has 0 unspecified atom stereocenters. The molecule has 3 rings (SSSR count). The van der Waals surface area contributed by atoms with E-state index in [1.807, 2.05) is 18.2 Å². The van der Waals surface area contributed by atoms with E-state index in [-0.39, 0.29) is 11.5 Å². The predicted molar refractivity (Wildman–Crippen MR) is 68.3 cm³/mol. The topological polar surface area (TPSA) is 50.2 Å². The van der Waals surface area contributed by atoms with Gasteiger partial charge < -0.3 is 5.11 Å². The third-order valence-electron chi connectivity index (χ3n) is 3.14. The minimum absolute atomic E-state index is 0.0543. The Morgan fingerprint density at radius 3 is 2.56 bits per heavy atom. The van der Waals surface area contributed by atoms with Gasteiger partial charge in [0.25, 0.3) is 0 Å². The second kappa shape index (κ2) is 4.11. The van der Waals surface area contributed by atoms with Gasteiger partial charge in [-0.15, -0.1) is 0 Å². The van der Waals surface area contributed by atoms with Gasteiger partial charge in [-0.05, 0) is 17.7 Å². The Labute approximate surface area is 104 Å². The number of aromatic nitrogens is 1. The number of allylic oxidation sites excluding steroid dienone is 1. The maximum atomic E-state index is 12.2. The zero-order chi connectivity index (χ0) is 12.5. The first-order chi connectivity index (χ1) is 8.77. The highest BCUT2D eigenvalue weighted by atomic mass is 16.3. The SMILES string of the molecule is O=C1/C(=C(\O)c2ccncc2)Cc2ccccc21. The molecule has 1 aromatic heterocycles. The van der Waals surface area contributed by atoms with Crippen molar-refractivity contribution < 1.29 is 9.90 Å². The van der Waals surface area contributed by atoms with E-state index < -0.39 is 0 Å². The molecule has 0 bridgehead atoms. The van der Waals surface area contributed by atoms with E-state index in [9.17, 15) is 9.90 Å². The highest BCUT2D eigenvalue weighted by Gasteiger charge is 2.27. The van der Waals surface area contributed by atoms with Crippen molar-refractivity contribution >= 4 is 11.5 Å². The Morgan fingerprint density at radius 2 is 1.83 bits per heavy atom. The van der Waals surface area contributed by atoms with Crippen molar-refractivity contribution in [3.05, 3.63) is 71.1 Å². The van der Waals surface area contributed by atoms with Gasteiger partial charge in [-0.25, -0.2) is 0 Å². The highest BCUT2D eigenvalue weighted by molar-refractivity contribution is 6.16. The number of rotatable bonds is 1. The van der Waals surface area contributed by atoms with Crippen molar-refractivity contribution in [2.75, 3.05) is 0 Å². The molecule has 1 aliphatic carbocycles. The molecule has 3 heteroatoms. The number of ketones is 1. The Morgan fingerprint density at radius 1 is 1.11 bits per heavy atom. The van der Waals surface area contributed by atoms with Crippen molar-refractivity contribution in [3.8, 4) is 0 Å². The second-order valence-electron chi connectivity index (χ2n) is 4.23. The number of aliphatic hydroxyl groups excluding tert-OH is 1. The predicted octanol–water partition coefficient (Wildman–Crippen LogP) is 2.79. The zero-order valence-electron chi connectivity index (χ0n) is 9.63. The molecule has 0 atom stereocenters. The summed E-state index contributed by atoms with van der Waals surface area (Å²) in [5, 5.41) is 10.2. The lowest BCUT2D eigenvalue weighted by molar-refractivity contribution is 0.103. The monoisotopic (exact) mass is 237 g/mol. The van der Waals surface area contributed by atoms with Crippen LogP contribution in [-0.4, -0.2) is 15.9 Å². The van der Waals surface area contributed by atoms with Crippen LogP contribution >= 0.6 is 0 Å². The van der Waals surface area contributed by atoms with Crippen molar-refractivity contribution in [3.63, 3.8) is 0 Å². The molecule has 0 saturated carbocycles. The number of benzene rings is 1. The summed E-state index contributed by atoms with van der Waals surface area (Å²) in [4.78, 5) is 16.1. The van der Waals surface area contributed by atoms with Gasteiger partial charge in [0, 0.05) is 35.5 Å². The average Bonchev–Trinajstić information content (AvgIpc) is 2.77. The van der Waals surface area contributed by atoms with E-state index in [0.29, 0.717) is 23.1 Å². The normalized spacial score (nSPS) is 16.6. The van der Waals surface area contributed by atoms with Crippen molar-refractivity contribution in [1.29, 1.82) is 0 Å². The molecule has 0 fully saturated rings. The van der Waals surface area contributed by atoms with Crippen LogP contribution in [0, 0.1) is 0 Å². The third kappa shape index (κ3) is 1.61. The largest absolute Gasteiger partial charge is 0.507 e. The fourth-order valence-electron chi connectivity index (χ4n) is 2.20. The molecule has 1 aliphatic rings. The summed E-state index contributed by atoms with van der Waals surface area (Å²) in [6.07, 6.45) is 3.68. The van der Waals surface area contributed by atoms with Gasteiger partial charge in [0.2, 0.25) is 0 Å². The Bertz CT molecular complexity index is 645. The number of hydrogen-bond acceptors (Lipinski definition) is 3. The van der Waals surface area contributed by atoms with Crippen molar-refractivity contribution in [2.24, 2.45) is 0 Å². The smallest absolute Gasteiger partial charge is 0.193 e. The van der Waals surface area contributed by atoms with Gasteiger partial charge in [-0.2, -0.15) is 0 Å². The average molecular weight is 237 g/mol. The van der Waals surface area contributed by atoms with E-state index in [0.717, 1.165) is 5.56 Å². The minimum atomic E-state index is -0.0834. The maximum absolute atomic E-state index is 12.2. The standard InChI is InChI=1S/C15H11NO2/c17-14(10-5-7-16-8-6-10)13-9-11-3-1-2-4-12(11)15(13)18/h1-8,17H,9H2/b14-13-. The highest BCUT2D eigenvalue weighted by Crippen LogP contribution is 2.30. The van der Waals surface area contributed by atoms with Gasteiger partial charge in [-0.1, -0.05) is 24.3 Å². The molecular formula is C15H11NO2. The lowest BCUT2D eigenvalue weighted by Crippen LogP contribution is -2.00. The molecule has 1 N–H and O–H groups in total. The lowest BCUT2D eigenvalue weighted by Gasteiger charge is -2.02. The van der Waals surface area contributed by atoms with E-state index in [1.165, 1.54) is 0 Å². The molecule has 3 nitrogen and oxygen atoms in total. The summed E-state index contributed by atoms with van der Waals surface area (Å²) >= 11 is 0. The molecule has 1 aromatic carbocycles. The van der Waals surface area contributed by atoms with Crippen LogP contribution in [-0.2, 0) is 6.42 Å². The van der Waals surface area contributed by atoms with Crippen molar-refractivity contribution in [2.45, 2.75) is 6.42 Å². The maximum Gasteiger partial charge on any atom is 0.193 e. The van der Waals surface area contributed by atoms with Gasteiger partial charge in [0.05, 0.1) is 0 Å². The first-order valence-electron chi connectivity index (χ1n) is 5.72. The number of aliphatic hydroxyl groups is 1. The van der Waals surface area contributed by atoms with Gasteiger partial charge in [-0.3, -0.25) is 9.78 Å². The Kier molecular flexibility index (Phi) is 2.45. The van der Waals surface area contributed by atoms with E-state index in [2.05, 4.69) is 4.98 Å². The molecule has 18 heavy (non-hydrogen) atoms. The van der Waals surface area contributed by atoms with Gasteiger partial charge in [0.15, 0.2) is 5.78 Å². The quantitative estimate of drug-likeness (QED) is 0.613. The van der Waals surface area contributed by atoms with Crippen LogP contribution in [0.5, 0.6) is 0 Å².